The molecule has 0 bridgehead atoms. The van der Waals surface area contributed by atoms with Crippen LogP contribution in [0.25, 0.3) is 0 Å². The van der Waals surface area contributed by atoms with Crippen LogP contribution in [0.15, 0.2) is 42.9 Å². The standard InChI is InChI=1S/C13H14N2O/c1-10-3-2-4-11(7-10)8-13(16)12-9-14-5-6-15-12/h2-7,9,13,16H,8H2,1H3. The Hall–Kier alpha value is -1.74. The van der Waals surface area contributed by atoms with Crippen LogP contribution >= 0.6 is 0 Å². The number of benzene rings is 1. The van der Waals surface area contributed by atoms with E-state index in [1.165, 1.54) is 5.56 Å². The quantitative estimate of drug-likeness (QED) is 0.850. The zero-order valence-corrected chi connectivity index (χ0v) is 9.17. The van der Waals surface area contributed by atoms with Gasteiger partial charge in [0.1, 0.15) is 6.10 Å². The molecule has 1 heterocycles. The minimum Gasteiger partial charge on any atom is -0.386 e. The molecule has 0 aliphatic carbocycles. The third-order valence-corrected chi connectivity index (χ3v) is 2.44. The third kappa shape index (κ3) is 2.64. The van der Waals surface area contributed by atoms with Gasteiger partial charge in [-0.25, -0.2) is 0 Å². The number of rotatable bonds is 3. The first kappa shape index (κ1) is 10.8. The van der Waals surface area contributed by atoms with Crippen LogP contribution in [-0.4, -0.2) is 15.1 Å². The van der Waals surface area contributed by atoms with E-state index in [9.17, 15) is 5.11 Å². The van der Waals surface area contributed by atoms with Crippen LogP contribution in [0.4, 0.5) is 0 Å². The van der Waals surface area contributed by atoms with Gasteiger partial charge in [-0.2, -0.15) is 0 Å². The lowest BCUT2D eigenvalue weighted by molar-refractivity contribution is 0.173. The molecule has 16 heavy (non-hydrogen) atoms. The van der Waals surface area contributed by atoms with Crippen molar-refractivity contribution >= 4 is 0 Å². The van der Waals surface area contributed by atoms with Gasteiger partial charge in [-0.3, -0.25) is 9.97 Å². The summed E-state index contributed by atoms with van der Waals surface area (Å²) < 4.78 is 0. The Morgan fingerprint density at radius 1 is 1.31 bits per heavy atom. The monoisotopic (exact) mass is 214 g/mol. The summed E-state index contributed by atoms with van der Waals surface area (Å²) in [6, 6.07) is 8.11. The van der Waals surface area contributed by atoms with Crippen LogP contribution in [-0.2, 0) is 6.42 Å². The molecule has 82 valence electrons. The Kier molecular flexibility index (Phi) is 3.27. The predicted molar refractivity (Wildman–Crippen MR) is 61.9 cm³/mol. The third-order valence-electron chi connectivity index (χ3n) is 2.44. The first-order valence-corrected chi connectivity index (χ1v) is 5.25. The summed E-state index contributed by atoms with van der Waals surface area (Å²) in [5.74, 6) is 0. The van der Waals surface area contributed by atoms with Crippen LogP contribution in [0.3, 0.4) is 0 Å². The maximum Gasteiger partial charge on any atom is 0.102 e. The van der Waals surface area contributed by atoms with Crippen molar-refractivity contribution in [2.24, 2.45) is 0 Å². The molecule has 0 amide bonds. The summed E-state index contributed by atoms with van der Waals surface area (Å²) >= 11 is 0. The highest BCUT2D eigenvalue weighted by Crippen LogP contribution is 2.15. The fourth-order valence-corrected chi connectivity index (χ4v) is 1.65. The number of nitrogens with zero attached hydrogens (tertiary/aromatic N) is 2. The van der Waals surface area contributed by atoms with E-state index in [4.69, 9.17) is 0 Å². The van der Waals surface area contributed by atoms with Crippen molar-refractivity contribution in [1.29, 1.82) is 0 Å². The van der Waals surface area contributed by atoms with Crippen molar-refractivity contribution in [3.8, 4) is 0 Å². The lowest BCUT2D eigenvalue weighted by atomic mass is 10.0. The van der Waals surface area contributed by atoms with Gasteiger partial charge in [0.15, 0.2) is 0 Å². The molecular weight excluding hydrogens is 200 g/mol. The van der Waals surface area contributed by atoms with Gasteiger partial charge in [0.2, 0.25) is 0 Å². The number of aryl methyl sites for hydroxylation is 1. The Balaban J connectivity index is 2.11. The van der Waals surface area contributed by atoms with Gasteiger partial charge in [-0.15, -0.1) is 0 Å². The highest BCUT2D eigenvalue weighted by atomic mass is 16.3. The largest absolute Gasteiger partial charge is 0.386 e. The molecule has 0 fully saturated rings. The fourth-order valence-electron chi connectivity index (χ4n) is 1.65. The van der Waals surface area contributed by atoms with Gasteiger partial charge in [-0.1, -0.05) is 29.8 Å². The topological polar surface area (TPSA) is 46.0 Å². The second-order valence-electron chi connectivity index (χ2n) is 3.84. The average Bonchev–Trinajstić information content (AvgIpc) is 2.30. The Morgan fingerprint density at radius 3 is 2.88 bits per heavy atom. The summed E-state index contributed by atoms with van der Waals surface area (Å²) in [6.07, 6.45) is 4.77. The second-order valence-corrected chi connectivity index (χ2v) is 3.84. The van der Waals surface area contributed by atoms with Gasteiger partial charge in [-0.05, 0) is 12.5 Å². The Morgan fingerprint density at radius 2 is 2.19 bits per heavy atom. The minimum atomic E-state index is -0.588. The van der Waals surface area contributed by atoms with E-state index in [-0.39, 0.29) is 0 Å². The molecule has 0 aliphatic heterocycles. The van der Waals surface area contributed by atoms with Crippen molar-refractivity contribution in [3.05, 3.63) is 59.7 Å². The van der Waals surface area contributed by atoms with Crippen LogP contribution in [0.5, 0.6) is 0 Å². The molecule has 0 saturated carbocycles. The number of aliphatic hydroxyl groups is 1. The smallest absolute Gasteiger partial charge is 0.102 e. The zero-order valence-electron chi connectivity index (χ0n) is 9.17. The lowest BCUT2D eigenvalue weighted by Crippen LogP contribution is -2.04. The molecule has 1 unspecified atom stereocenters. The average molecular weight is 214 g/mol. The molecule has 1 N–H and O–H groups in total. The fraction of sp³-hybridized carbons (Fsp3) is 0.231. The van der Waals surface area contributed by atoms with E-state index in [1.807, 2.05) is 25.1 Å². The summed E-state index contributed by atoms with van der Waals surface area (Å²) in [4.78, 5) is 8.03. The van der Waals surface area contributed by atoms with Crippen molar-refractivity contribution in [3.63, 3.8) is 0 Å². The molecule has 1 aromatic carbocycles. The number of hydrogen-bond acceptors (Lipinski definition) is 3. The van der Waals surface area contributed by atoms with Crippen LogP contribution in [0, 0.1) is 6.92 Å². The maximum absolute atomic E-state index is 9.96. The molecule has 0 radical (unpaired) electrons. The highest BCUT2D eigenvalue weighted by Gasteiger charge is 2.09. The molecule has 1 atom stereocenters. The summed E-state index contributed by atoms with van der Waals surface area (Å²) in [6.45, 7) is 2.04. The van der Waals surface area contributed by atoms with Crippen molar-refractivity contribution in [2.45, 2.75) is 19.4 Å². The van der Waals surface area contributed by atoms with E-state index >= 15 is 0 Å². The molecule has 2 rings (SSSR count). The van der Waals surface area contributed by atoms with Gasteiger partial charge in [0.05, 0.1) is 11.9 Å². The summed E-state index contributed by atoms with van der Waals surface area (Å²) in [5.41, 5.74) is 2.92. The number of aromatic nitrogens is 2. The van der Waals surface area contributed by atoms with Gasteiger partial charge < -0.3 is 5.11 Å². The van der Waals surface area contributed by atoms with Gasteiger partial charge >= 0.3 is 0 Å². The number of aliphatic hydroxyl groups excluding tert-OH is 1. The Bertz CT molecular complexity index is 456. The van der Waals surface area contributed by atoms with E-state index in [0.717, 1.165) is 5.56 Å². The van der Waals surface area contributed by atoms with Crippen LogP contribution in [0.2, 0.25) is 0 Å². The van der Waals surface area contributed by atoms with E-state index in [2.05, 4.69) is 16.0 Å². The van der Waals surface area contributed by atoms with Crippen molar-refractivity contribution in [2.75, 3.05) is 0 Å². The van der Waals surface area contributed by atoms with Gasteiger partial charge in [0.25, 0.3) is 0 Å². The van der Waals surface area contributed by atoms with E-state index < -0.39 is 6.10 Å². The SMILES string of the molecule is Cc1cccc(CC(O)c2cnccn2)c1. The number of hydrogen-bond donors (Lipinski definition) is 1. The normalized spacial score (nSPS) is 12.4. The maximum atomic E-state index is 9.96. The molecule has 1 aromatic heterocycles. The molecular formula is C13H14N2O. The Labute approximate surface area is 94.8 Å². The van der Waals surface area contributed by atoms with Crippen LogP contribution in [0.1, 0.15) is 22.9 Å². The summed E-state index contributed by atoms with van der Waals surface area (Å²) in [5, 5.41) is 9.96. The first-order chi connectivity index (χ1) is 7.75. The molecule has 0 aliphatic rings. The predicted octanol–water partition coefficient (Wildman–Crippen LogP) is 2.06. The minimum absolute atomic E-state index is 0.570. The molecule has 0 saturated heterocycles. The molecule has 3 heteroatoms. The van der Waals surface area contributed by atoms with Gasteiger partial charge in [0, 0.05) is 18.8 Å². The van der Waals surface area contributed by atoms with Crippen LogP contribution < -0.4 is 0 Å². The van der Waals surface area contributed by atoms with E-state index in [1.54, 1.807) is 18.6 Å². The molecule has 3 nitrogen and oxygen atoms in total. The van der Waals surface area contributed by atoms with E-state index in [0.29, 0.717) is 12.1 Å². The molecule has 2 aromatic rings. The highest BCUT2D eigenvalue weighted by molar-refractivity contribution is 5.23. The second kappa shape index (κ2) is 4.86. The first-order valence-electron chi connectivity index (χ1n) is 5.25. The molecule has 0 spiro atoms. The van der Waals surface area contributed by atoms with Crippen molar-refractivity contribution in [1.82, 2.24) is 9.97 Å². The lowest BCUT2D eigenvalue weighted by Gasteiger charge is -2.09. The summed E-state index contributed by atoms with van der Waals surface area (Å²) in [7, 11) is 0. The van der Waals surface area contributed by atoms with Crippen molar-refractivity contribution < 1.29 is 5.11 Å². The zero-order chi connectivity index (χ0) is 11.4.